The topological polar surface area (TPSA) is 136 Å². The van der Waals surface area contributed by atoms with Gasteiger partial charge in [0.1, 0.15) is 17.5 Å². The first-order valence-electron chi connectivity index (χ1n) is 12.1. The zero-order chi connectivity index (χ0) is 25.4. The summed E-state index contributed by atoms with van der Waals surface area (Å²) in [5.74, 6) is 1.40. The minimum atomic E-state index is -0.114. The molecule has 0 aliphatic heterocycles. The first-order chi connectivity index (χ1) is 18.0. The van der Waals surface area contributed by atoms with E-state index in [1.54, 1.807) is 12.1 Å². The number of benzene rings is 4. The Bertz CT molecular complexity index is 1790. The average Bonchev–Trinajstić information content (AvgIpc) is 3.50. The smallest absolute Gasteiger partial charge is 0.251 e. The second kappa shape index (κ2) is 9.23. The van der Waals surface area contributed by atoms with Gasteiger partial charge in [-0.2, -0.15) is 0 Å². The van der Waals surface area contributed by atoms with Crippen LogP contribution in [0.4, 0.5) is 0 Å². The number of hydrogen-bond acceptors (Lipinski definition) is 4. The zero-order valence-electron chi connectivity index (χ0n) is 20.0. The van der Waals surface area contributed by atoms with Gasteiger partial charge in [-0.15, -0.1) is 0 Å². The number of fused-ring (bicyclic) bond motifs is 3. The van der Waals surface area contributed by atoms with Crippen molar-refractivity contribution in [3.8, 4) is 0 Å². The van der Waals surface area contributed by atoms with Crippen LogP contribution in [0.5, 0.6) is 0 Å². The Morgan fingerprint density at radius 3 is 2.22 bits per heavy atom. The van der Waals surface area contributed by atoms with E-state index in [0.717, 1.165) is 40.1 Å². The van der Waals surface area contributed by atoms with Crippen LogP contribution in [0.1, 0.15) is 33.1 Å². The number of nitrogen functional groups attached to an aromatic ring is 1. The highest BCUT2D eigenvalue weighted by Gasteiger charge is 2.12. The van der Waals surface area contributed by atoms with E-state index in [1.165, 1.54) is 16.3 Å². The van der Waals surface area contributed by atoms with Crippen LogP contribution in [-0.4, -0.2) is 38.2 Å². The molecule has 8 nitrogen and oxygen atoms in total. The molecule has 0 fully saturated rings. The van der Waals surface area contributed by atoms with Gasteiger partial charge in [0.2, 0.25) is 0 Å². The molecule has 0 radical (unpaired) electrons. The predicted octanol–water partition coefficient (Wildman–Crippen LogP) is 4.44. The number of H-pyrrole nitrogens is 2. The molecule has 0 unspecified atom stereocenters. The van der Waals surface area contributed by atoms with Crippen molar-refractivity contribution >= 4 is 44.6 Å². The fraction of sp³-hybridized carbons (Fsp3) is 0.103. The van der Waals surface area contributed by atoms with E-state index in [4.69, 9.17) is 11.1 Å². The van der Waals surface area contributed by atoms with Crippen LogP contribution in [-0.2, 0) is 12.8 Å². The Labute approximate surface area is 212 Å². The second-order valence-corrected chi connectivity index (χ2v) is 9.07. The first-order valence-corrected chi connectivity index (χ1v) is 12.1. The highest BCUT2D eigenvalue weighted by Crippen LogP contribution is 2.20. The number of rotatable bonds is 7. The van der Waals surface area contributed by atoms with Gasteiger partial charge in [0.25, 0.3) is 5.91 Å². The van der Waals surface area contributed by atoms with Crippen molar-refractivity contribution in [2.24, 2.45) is 5.73 Å². The number of amides is 1. The van der Waals surface area contributed by atoms with Crippen LogP contribution >= 0.6 is 0 Å². The van der Waals surface area contributed by atoms with E-state index in [0.29, 0.717) is 24.1 Å². The molecule has 182 valence electrons. The Hall–Kier alpha value is -4.98. The minimum Gasteiger partial charge on any atom is -0.384 e. The fourth-order valence-electron chi connectivity index (χ4n) is 4.68. The molecule has 2 aromatic heterocycles. The van der Waals surface area contributed by atoms with Gasteiger partial charge in [-0.1, -0.05) is 42.5 Å². The zero-order valence-corrected chi connectivity index (χ0v) is 20.0. The van der Waals surface area contributed by atoms with Crippen molar-refractivity contribution in [2.75, 3.05) is 6.54 Å². The molecule has 4 aromatic carbocycles. The molecule has 37 heavy (non-hydrogen) atoms. The van der Waals surface area contributed by atoms with Crippen molar-refractivity contribution in [1.29, 1.82) is 5.41 Å². The molecule has 0 bridgehead atoms. The highest BCUT2D eigenvalue weighted by atomic mass is 16.1. The van der Waals surface area contributed by atoms with Gasteiger partial charge in [-0.3, -0.25) is 10.2 Å². The van der Waals surface area contributed by atoms with Gasteiger partial charge in [0.15, 0.2) is 0 Å². The maximum atomic E-state index is 12.8. The van der Waals surface area contributed by atoms with Crippen molar-refractivity contribution in [3.05, 3.63) is 107 Å². The standard InChI is InChI=1S/C29H25N7O/c30-28(31)19-8-10-22-24(14-19)35-26(33-22)16-27-34-23-11-9-20(15-25(23)36-27)29(37)32-13-12-18-6-3-5-17-4-1-2-7-21(17)18/h1-11,14-15H,12-13,16H2,(H3,30,31)(H,32,37)(H,33,35)(H,34,36). The molecule has 2 heterocycles. The summed E-state index contributed by atoms with van der Waals surface area (Å²) in [6, 6.07) is 25.5. The van der Waals surface area contributed by atoms with Gasteiger partial charge >= 0.3 is 0 Å². The molecular formula is C29H25N7O. The van der Waals surface area contributed by atoms with E-state index < -0.39 is 0 Å². The second-order valence-electron chi connectivity index (χ2n) is 9.07. The van der Waals surface area contributed by atoms with Crippen LogP contribution < -0.4 is 11.1 Å². The SMILES string of the molecule is N=C(N)c1ccc2nc(Cc3nc4ccc(C(=O)NCCc5cccc6ccccc56)cc4[nH]3)[nH]c2c1. The van der Waals surface area contributed by atoms with Gasteiger partial charge in [0.05, 0.1) is 28.5 Å². The summed E-state index contributed by atoms with van der Waals surface area (Å²) in [5.41, 5.74) is 11.3. The number of aromatic nitrogens is 4. The third kappa shape index (κ3) is 4.52. The molecule has 8 heteroatoms. The summed E-state index contributed by atoms with van der Waals surface area (Å²) in [4.78, 5) is 28.7. The number of nitrogens with zero attached hydrogens (tertiary/aromatic N) is 2. The number of aromatic amines is 2. The van der Waals surface area contributed by atoms with Crippen LogP contribution in [0.3, 0.4) is 0 Å². The summed E-state index contributed by atoms with van der Waals surface area (Å²) < 4.78 is 0. The lowest BCUT2D eigenvalue weighted by Crippen LogP contribution is -2.25. The maximum Gasteiger partial charge on any atom is 0.251 e. The van der Waals surface area contributed by atoms with E-state index in [9.17, 15) is 4.79 Å². The molecule has 0 atom stereocenters. The molecule has 6 aromatic rings. The molecular weight excluding hydrogens is 462 g/mol. The molecule has 1 amide bonds. The Morgan fingerprint density at radius 1 is 0.838 bits per heavy atom. The number of nitrogens with two attached hydrogens (primary N) is 1. The quantitative estimate of drug-likeness (QED) is 0.168. The monoisotopic (exact) mass is 487 g/mol. The van der Waals surface area contributed by atoms with Gasteiger partial charge in [-0.25, -0.2) is 9.97 Å². The average molecular weight is 488 g/mol. The van der Waals surface area contributed by atoms with Crippen LogP contribution in [0.2, 0.25) is 0 Å². The molecule has 0 spiro atoms. The predicted molar refractivity (Wildman–Crippen MR) is 146 cm³/mol. The lowest BCUT2D eigenvalue weighted by atomic mass is 10.0. The molecule has 0 saturated heterocycles. The van der Waals surface area contributed by atoms with E-state index in [1.807, 2.05) is 36.4 Å². The normalized spacial score (nSPS) is 11.4. The number of nitrogens with one attached hydrogen (secondary N) is 4. The molecule has 6 N–H and O–H groups in total. The summed E-state index contributed by atoms with van der Waals surface area (Å²) in [7, 11) is 0. The van der Waals surface area contributed by atoms with Crippen molar-refractivity contribution in [3.63, 3.8) is 0 Å². The Kier molecular flexibility index (Phi) is 5.61. The third-order valence-electron chi connectivity index (χ3n) is 6.53. The highest BCUT2D eigenvalue weighted by molar-refractivity contribution is 5.98. The summed E-state index contributed by atoms with van der Waals surface area (Å²) >= 11 is 0. The molecule has 0 aliphatic rings. The van der Waals surface area contributed by atoms with Gasteiger partial charge in [0, 0.05) is 17.7 Å². The number of carbonyl (C=O) groups is 1. The van der Waals surface area contributed by atoms with Crippen molar-refractivity contribution in [2.45, 2.75) is 12.8 Å². The van der Waals surface area contributed by atoms with Crippen LogP contribution in [0.25, 0.3) is 32.8 Å². The third-order valence-corrected chi connectivity index (χ3v) is 6.53. The lowest BCUT2D eigenvalue weighted by molar-refractivity contribution is 0.0954. The maximum absolute atomic E-state index is 12.8. The van der Waals surface area contributed by atoms with Gasteiger partial charge in [-0.05, 0) is 59.2 Å². The first kappa shape index (κ1) is 22.5. The molecule has 0 aliphatic carbocycles. The minimum absolute atomic E-state index is 0.0173. The Morgan fingerprint density at radius 2 is 1.49 bits per heavy atom. The fourth-order valence-corrected chi connectivity index (χ4v) is 4.68. The van der Waals surface area contributed by atoms with Crippen molar-refractivity contribution in [1.82, 2.24) is 25.3 Å². The number of imidazole rings is 2. The largest absolute Gasteiger partial charge is 0.384 e. The lowest BCUT2D eigenvalue weighted by Gasteiger charge is -2.08. The number of hydrogen-bond donors (Lipinski definition) is 5. The van der Waals surface area contributed by atoms with E-state index in [2.05, 4.69) is 55.6 Å². The summed E-state index contributed by atoms with van der Waals surface area (Å²) in [5, 5.41) is 13.1. The van der Waals surface area contributed by atoms with Crippen molar-refractivity contribution < 1.29 is 4.79 Å². The molecule has 0 saturated carbocycles. The van der Waals surface area contributed by atoms with Crippen LogP contribution in [0, 0.1) is 5.41 Å². The molecule has 6 rings (SSSR count). The van der Waals surface area contributed by atoms with Crippen LogP contribution in [0.15, 0.2) is 78.9 Å². The van der Waals surface area contributed by atoms with E-state index >= 15 is 0 Å². The number of carbonyl (C=O) groups excluding carboxylic acids is 1. The van der Waals surface area contributed by atoms with Gasteiger partial charge < -0.3 is 21.0 Å². The Balaban J connectivity index is 1.14. The van der Waals surface area contributed by atoms with E-state index in [-0.39, 0.29) is 11.7 Å². The summed E-state index contributed by atoms with van der Waals surface area (Å²) in [6.07, 6.45) is 1.24. The summed E-state index contributed by atoms with van der Waals surface area (Å²) in [6.45, 7) is 0.552. The number of amidine groups is 1.